The molecule has 1 aliphatic rings. The Labute approximate surface area is 173 Å². The lowest BCUT2D eigenvalue weighted by atomic mass is 9.84. The van der Waals surface area contributed by atoms with Crippen LogP contribution in [0, 0.1) is 29.6 Å². The predicted octanol–water partition coefficient (Wildman–Crippen LogP) is 5.96. The second kappa shape index (κ2) is 10.3. The summed E-state index contributed by atoms with van der Waals surface area (Å²) in [4.78, 5) is 0. The molecular weight excluding hydrogens is 358 g/mol. The summed E-state index contributed by atoms with van der Waals surface area (Å²) in [7, 11) is 0. The van der Waals surface area contributed by atoms with E-state index in [0.29, 0.717) is 13.2 Å². The van der Waals surface area contributed by atoms with Gasteiger partial charge in [-0.3, -0.25) is 0 Å². The molecule has 4 nitrogen and oxygen atoms in total. The molecule has 148 valence electrons. The van der Waals surface area contributed by atoms with Crippen molar-refractivity contribution in [1.82, 2.24) is 0 Å². The third-order valence-corrected chi connectivity index (χ3v) is 5.47. The summed E-state index contributed by atoms with van der Waals surface area (Å²) in [6.45, 7) is 3.24. The van der Waals surface area contributed by atoms with Gasteiger partial charge in [-0.15, -0.1) is 0 Å². The molecule has 3 rings (SSSR count). The van der Waals surface area contributed by atoms with E-state index in [1.165, 1.54) is 37.7 Å². The highest BCUT2D eigenvalue weighted by Crippen LogP contribution is 2.33. The van der Waals surface area contributed by atoms with E-state index in [4.69, 9.17) is 15.3 Å². The number of anilines is 1. The number of ether oxygens (including phenoxy) is 1. The monoisotopic (exact) mass is 385 g/mol. The zero-order chi connectivity index (χ0) is 20.5. The Morgan fingerprint density at radius 1 is 1.07 bits per heavy atom. The van der Waals surface area contributed by atoms with Crippen molar-refractivity contribution < 1.29 is 4.74 Å². The van der Waals surface area contributed by atoms with Crippen molar-refractivity contribution in [2.75, 3.05) is 18.5 Å². The second-order valence-corrected chi connectivity index (χ2v) is 7.53. The van der Waals surface area contributed by atoms with Crippen LogP contribution in [0.5, 0.6) is 5.75 Å². The van der Waals surface area contributed by atoms with Gasteiger partial charge in [0.2, 0.25) is 0 Å². The molecule has 29 heavy (non-hydrogen) atoms. The molecule has 0 atom stereocenters. The fraction of sp³-hybridized carbons (Fsp3) is 0.360. The molecule has 1 N–H and O–H groups in total. The molecule has 1 fully saturated rings. The summed E-state index contributed by atoms with van der Waals surface area (Å²) in [5, 5.41) is 21.1. The van der Waals surface area contributed by atoms with Gasteiger partial charge in [-0.05, 0) is 72.7 Å². The van der Waals surface area contributed by atoms with E-state index in [0.717, 1.165) is 28.5 Å². The summed E-state index contributed by atoms with van der Waals surface area (Å²) in [6.07, 6.45) is 8.31. The Morgan fingerprint density at radius 2 is 1.79 bits per heavy atom. The van der Waals surface area contributed by atoms with E-state index in [2.05, 4.69) is 29.6 Å². The summed E-state index contributed by atoms with van der Waals surface area (Å²) in [6, 6.07) is 18.2. The normalized spacial score (nSPS) is 13.8. The minimum atomic E-state index is 0.108. The van der Waals surface area contributed by atoms with E-state index in [9.17, 15) is 0 Å². The topological polar surface area (TPSA) is 68.8 Å². The molecule has 1 saturated carbocycles. The highest BCUT2D eigenvalue weighted by Gasteiger charge is 2.15. The minimum Gasteiger partial charge on any atom is -0.492 e. The Morgan fingerprint density at radius 3 is 2.45 bits per heavy atom. The third kappa shape index (κ3) is 5.87. The van der Waals surface area contributed by atoms with Crippen LogP contribution in [-0.2, 0) is 0 Å². The van der Waals surface area contributed by atoms with Crippen molar-refractivity contribution in [2.45, 2.75) is 44.9 Å². The standard InChI is InChI=1S/C25H27N3O/c1-19-15-24(10-7-23(19)16-20(17-26)18-27)28-13-14-29-25-11-8-22(9-12-25)21-5-3-2-4-6-21/h7-12,15-16,21,28H,2-6,13-14H2,1H3. The van der Waals surface area contributed by atoms with Crippen LogP contribution in [0.1, 0.15) is 54.7 Å². The maximum Gasteiger partial charge on any atom is 0.130 e. The number of nitrogens with zero attached hydrogens (tertiary/aromatic N) is 2. The fourth-order valence-corrected chi connectivity index (χ4v) is 3.83. The quantitative estimate of drug-likeness (QED) is 0.471. The summed E-state index contributed by atoms with van der Waals surface area (Å²) in [5.74, 6) is 1.63. The molecule has 0 aromatic heterocycles. The van der Waals surface area contributed by atoms with E-state index in [1.54, 1.807) is 6.08 Å². The Kier molecular flexibility index (Phi) is 7.31. The lowest BCUT2D eigenvalue weighted by Crippen LogP contribution is -2.11. The number of hydrogen-bond donors (Lipinski definition) is 1. The van der Waals surface area contributed by atoms with Gasteiger partial charge < -0.3 is 10.1 Å². The summed E-state index contributed by atoms with van der Waals surface area (Å²) >= 11 is 0. The molecule has 0 unspecified atom stereocenters. The lowest BCUT2D eigenvalue weighted by molar-refractivity contribution is 0.332. The number of nitriles is 2. The summed E-state index contributed by atoms with van der Waals surface area (Å²) < 4.78 is 5.86. The first-order valence-electron chi connectivity index (χ1n) is 10.3. The van der Waals surface area contributed by atoms with E-state index in [1.807, 2.05) is 37.3 Å². The highest BCUT2D eigenvalue weighted by atomic mass is 16.5. The van der Waals surface area contributed by atoms with Gasteiger partial charge >= 0.3 is 0 Å². The van der Waals surface area contributed by atoms with Crippen LogP contribution < -0.4 is 10.1 Å². The number of nitrogens with one attached hydrogen (secondary N) is 1. The summed E-state index contributed by atoms with van der Waals surface area (Å²) in [5.41, 5.74) is 4.43. The molecular formula is C25H27N3O. The van der Waals surface area contributed by atoms with Gasteiger partial charge in [0.25, 0.3) is 0 Å². The van der Waals surface area contributed by atoms with Crippen LogP contribution in [0.25, 0.3) is 6.08 Å². The first-order chi connectivity index (χ1) is 14.2. The Balaban J connectivity index is 1.47. The van der Waals surface area contributed by atoms with Crippen LogP contribution in [0.3, 0.4) is 0 Å². The highest BCUT2D eigenvalue weighted by molar-refractivity contribution is 5.66. The lowest BCUT2D eigenvalue weighted by Gasteiger charge is -2.22. The van der Waals surface area contributed by atoms with E-state index < -0.39 is 0 Å². The van der Waals surface area contributed by atoms with Crippen LogP contribution in [0.15, 0.2) is 48.0 Å². The number of rotatable bonds is 7. The van der Waals surface area contributed by atoms with Gasteiger partial charge in [-0.2, -0.15) is 10.5 Å². The van der Waals surface area contributed by atoms with Crippen molar-refractivity contribution in [3.8, 4) is 17.9 Å². The molecule has 0 heterocycles. The van der Waals surface area contributed by atoms with Gasteiger partial charge in [-0.25, -0.2) is 0 Å². The zero-order valence-electron chi connectivity index (χ0n) is 16.9. The minimum absolute atomic E-state index is 0.108. The predicted molar refractivity (Wildman–Crippen MR) is 117 cm³/mol. The number of benzene rings is 2. The molecule has 0 amide bonds. The smallest absolute Gasteiger partial charge is 0.130 e. The van der Waals surface area contributed by atoms with Crippen molar-refractivity contribution >= 4 is 11.8 Å². The third-order valence-electron chi connectivity index (χ3n) is 5.47. The molecule has 0 aliphatic heterocycles. The molecule has 0 spiro atoms. The van der Waals surface area contributed by atoms with Crippen molar-refractivity contribution in [3.63, 3.8) is 0 Å². The largest absolute Gasteiger partial charge is 0.492 e. The molecule has 0 bridgehead atoms. The average Bonchev–Trinajstić information content (AvgIpc) is 2.77. The first-order valence-corrected chi connectivity index (χ1v) is 10.3. The molecule has 0 saturated heterocycles. The zero-order valence-corrected chi connectivity index (χ0v) is 16.9. The number of aryl methyl sites for hydroxylation is 1. The number of allylic oxidation sites excluding steroid dienone is 1. The van der Waals surface area contributed by atoms with Crippen molar-refractivity contribution in [1.29, 1.82) is 10.5 Å². The second-order valence-electron chi connectivity index (χ2n) is 7.53. The van der Waals surface area contributed by atoms with Crippen LogP contribution in [-0.4, -0.2) is 13.2 Å². The molecule has 2 aromatic carbocycles. The van der Waals surface area contributed by atoms with Crippen molar-refractivity contribution in [2.24, 2.45) is 0 Å². The van der Waals surface area contributed by atoms with Crippen LogP contribution >= 0.6 is 0 Å². The van der Waals surface area contributed by atoms with Crippen LogP contribution in [0.4, 0.5) is 5.69 Å². The van der Waals surface area contributed by atoms with Crippen molar-refractivity contribution in [3.05, 3.63) is 64.7 Å². The van der Waals surface area contributed by atoms with E-state index in [-0.39, 0.29) is 5.57 Å². The molecule has 4 heteroatoms. The maximum absolute atomic E-state index is 8.88. The number of hydrogen-bond acceptors (Lipinski definition) is 4. The maximum atomic E-state index is 8.88. The van der Waals surface area contributed by atoms with Gasteiger partial charge in [-0.1, -0.05) is 37.5 Å². The van der Waals surface area contributed by atoms with Gasteiger partial charge in [0.1, 0.15) is 30.1 Å². The van der Waals surface area contributed by atoms with Gasteiger partial charge in [0, 0.05) is 12.2 Å². The molecule has 0 radical (unpaired) electrons. The Hall–Kier alpha value is -3.24. The van der Waals surface area contributed by atoms with Crippen LogP contribution in [0.2, 0.25) is 0 Å². The Bertz CT molecular complexity index is 910. The fourth-order valence-electron chi connectivity index (χ4n) is 3.83. The first kappa shape index (κ1) is 20.5. The van der Waals surface area contributed by atoms with E-state index >= 15 is 0 Å². The van der Waals surface area contributed by atoms with Gasteiger partial charge in [0.05, 0.1) is 0 Å². The molecule has 2 aromatic rings. The SMILES string of the molecule is Cc1cc(NCCOc2ccc(C3CCCCC3)cc2)ccc1C=C(C#N)C#N. The van der Waals surface area contributed by atoms with Gasteiger partial charge in [0.15, 0.2) is 0 Å². The molecule has 1 aliphatic carbocycles. The average molecular weight is 386 g/mol.